The molecule has 0 saturated carbocycles. The first-order valence-electron chi connectivity index (χ1n) is 8.93. The highest BCUT2D eigenvalue weighted by Gasteiger charge is 2.30. The summed E-state index contributed by atoms with van der Waals surface area (Å²) in [6.07, 6.45) is 1.02. The fraction of sp³-hybridized carbons (Fsp3) is 0.200. The van der Waals surface area contributed by atoms with E-state index in [1.807, 2.05) is 24.3 Å². The first-order valence-corrected chi connectivity index (χ1v) is 8.93. The van der Waals surface area contributed by atoms with Crippen molar-refractivity contribution in [2.45, 2.75) is 19.1 Å². The summed E-state index contributed by atoms with van der Waals surface area (Å²) >= 11 is 0. The van der Waals surface area contributed by atoms with Crippen molar-refractivity contribution in [1.29, 1.82) is 0 Å². The number of anilines is 1. The number of nitrogens with one attached hydrogen (secondary N) is 1. The van der Waals surface area contributed by atoms with Crippen LogP contribution >= 0.6 is 0 Å². The molecule has 0 radical (unpaired) electrons. The van der Waals surface area contributed by atoms with E-state index >= 15 is 0 Å². The van der Waals surface area contributed by atoms with Crippen molar-refractivity contribution in [3.05, 3.63) is 71.8 Å². The number of methoxy groups -OCH3 is 1. The minimum atomic E-state index is -0.779. The van der Waals surface area contributed by atoms with E-state index in [9.17, 15) is 9.18 Å². The third-order valence-electron chi connectivity index (χ3n) is 4.41. The van der Waals surface area contributed by atoms with E-state index < -0.39 is 12.0 Å². The molecular weight excluding hydrogens is 377 g/mol. The van der Waals surface area contributed by atoms with Crippen LogP contribution in [0.5, 0.6) is 5.75 Å². The number of oxime groups is 1. The topological polar surface area (TPSA) is 90.6 Å². The molecule has 1 atom stereocenters. The molecule has 9 heteroatoms. The number of nitrogens with zero attached hydrogens (tertiary/aromatic N) is 4. The molecule has 3 aromatic rings. The zero-order valence-corrected chi connectivity index (χ0v) is 15.6. The normalized spacial score (nSPS) is 15.5. The van der Waals surface area contributed by atoms with Gasteiger partial charge in [0.15, 0.2) is 0 Å². The summed E-state index contributed by atoms with van der Waals surface area (Å²) in [6.45, 7) is 0.407. The lowest BCUT2D eigenvalue weighted by Gasteiger charge is -2.08. The van der Waals surface area contributed by atoms with Gasteiger partial charge in [-0.3, -0.25) is 10.1 Å². The van der Waals surface area contributed by atoms with E-state index in [2.05, 4.69) is 20.6 Å². The number of aromatic nitrogens is 3. The van der Waals surface area contributed by atoms with Gasteiger partial charge in [-0.1, -0.05) is 29.4 Å². The Labute approximate surface area is 166 Å². The lowest BCUT2D eigenvalue weighted by Crippen LogP contribution is -2.28. The van der Waals surface area contributed by atoms with Crippen LogP contribution in [0.25, 0.3) is 0 Å². The molecule has 1 aromatic heterocycles. The fourth-order valence-corrected chi connectivity index (χ4v) is 2.96. The Bertz CT molecular complexity index is 1050. The van der Waals surface area contributed by atoms with Crippen molar-refractivity contribution in [2.75, 3.05) is 12.4 Å². The van der Waals surface area contributed by atoms with E-state index in [4.69, 9.17) is 9.57 Å². The first kappa shape index (κ1) is 18.6. The number of para-hydroxylation sites is 1. The van der Waals surface area contributed by atoms with Gasteiger partial charge in [-0.05, 0) is 29.8 Å². The molecule has 0 bridgehead atoms. The lowest BCUT2D eigenvalue weighted by molar-refractivity contribution is -0.125. The monoisotopic (exact) mass is 395 g/mol. The number of ether oxygens (including phenoxy) is 1. The average molecular weight is 395 g/mol. The molecule has 1 N–H and O–H groups in total. The van der Waals surface area contributed by atoms with Crippen LogP contribution in [0.2, 0.25) is 0 Å². The summed E-state index contributed by atoms with van der Waals surface area (Å²) in [7, 11) is 1.58. The van der Waals surface area contributed by atoms with Gasteiger partial charge in [-0.25, -0.2) is 14.1 Å². The van der Waals surface area contributed by atoms with Crippen LogP contribution in [-0.4, -0.2) is 39.6 Å². The van der Waals surface area contributed by atoms with E-state index in [0.29, 0.717) is 24.4 Å². The van der Waals surface area contributed by atoms with Crippen molar-refractivity contribution in [1.82, 2.24) is 14.8 Å². The zero-order chi connectivity index (χ0) is 20.2. The summed E-state index contributed by atoms with van der Waals surface area (Å²) in [5.74, 6) is 0.133. The van der Waals surface area contributed by atoms with Crippen LogP contribution in [0, 0.1) is 5.82 Å². The SMILES string of the molecule is COc1ccccc1C1=NO[C@@H](C(=O)Nc2ncn(Cc3ccc(F)cc3)n2)C1. The molecule has 2 heterocycles. The summed E-state index contributed by atoms with van der Waals surface area (Å²) in [4.78, 5) is 21.8. The molecule has 0 saturated heterocycles. The van der Waals surface area contributed by atoms with Crippen LogP contribution in [0.3, 0.4) is 0 Å². The van der Waals surface area contributed by atoms with Gasteiger partial charge >= 0.3 is 0 Å². The highest BCUT2D eigenvalue weighted by atomic mass is 19.1. The second-order valence-corrected chi connectivity index (χ2v) is 6.42. The average Bonchev–Trinajstić information content (AvgIpc) is 3.39. The summed E-state index contributed by atoms with van der Waals surface area (Å²) in [6, 6.07) is 13.5. The van der Waals surface area contributed by atoms with Crippen LogP contribution in [0.1, 0.15) is 17.5 Å². The Morgan fingerprint density at radius 2 is 2.07 bits per heavy atom. The lowest BCUT2D eigenvalue weighted by atomic mass is 10.0. The van der Waals surface area contributed by atoms with Gasteiger partial charge in [0, 0.05) is 12.0 Å². The van der Waals surface area contributed by atoms with Gasteiger partial charge in [0.2, 0.25) is 12.1 Å². The molecule has 1 aliphatic heterocycles. The van der Waals surface area contributed by atoms with Crippen LogP contribution in [-0.2, 0) is 16.2 Å². The van der Waals surface area contributed by atoms with Gasteiger partial charge in [0.1, 0.15) is 17.9 Å². The molecule has 29 heavy (non-hydrogen) atoms. The molecule has 1 aliphatic rings. The number of hydrogen-bond acceptors (Lipinski definition) is 6. The van der Waals surface area contributed by atoms with Crippen molar-refractivity contribution >= 4 is 17.6 Å². The Morgan fingerprint density at radius 1 is 1.28 bits per heavy atom. The molecule has 4 rings (SSSR count). The number of halogens is 1. The van der Waals surface area contributed by atoms with Crippen LogP contribution < -0.4 is 10.1 Å². The second-order valence-electron chi connectivity index (χ2n) is 6.42. The number of carbonyl (C=O) groups excluding carboxylic acids is 1. The van der Waals surface area contributed by atoms with E-state index in [0.717, 1.165) is 11.1 Å². The fourth-order valence-electron chi connectivity index (χ4n) is 2.96. The molecule has 0 fully saturated rings. The Morgan fingerprint density at radius 3 is 2.86 bits per heavy atom. The van der Waals surface area contributed by atoms with Gasteiger partial charge in [-0.2, -0.15) is 0 Å². The number of amides is 1. The minimum Gasteiger partial charge on any atom is -0.496 e. The smallest absolute Gasteiger partial charge is 0.271 e. The van der Waals surface area contributed by atoms with Gasteiger partial charge in [0.05, 0.1) is 19.4 Å². The highest BCUT2D eigenvalue weighted by Crippen LogP contribution is 2.24. The largest absolute Gasteiger partial charge is 0.496 e. The van der Waals surface area contributed by atoms with Crippen molar-refractivity contribution < 1.29 is 18.8 Å². The van der Waals surface area contributed by atoms with Crippen molar-refractivity contribution in [2.24, 2.45) is 5.16 Å². The van der Waals surface area contributed by atoms with E-state index in [1.165, 1.54) is 18.5 Å². The highest BCUT2D eigenvalue weighted by molar-refractivity contribution is 6.07. The molecule has 148 valence electrons. The molecule has 0 spiro atoms. The van der Waals surface area contributed by atoms with Crippen molar-refractivity contribution in [3.8, 4) is 5.75 Å². The number of rotatable bonds is 6. The summed E-state index contributed by atoms with van der Waals surface area (Å²) in [5.41, 5.74) is 2.28. The Kier molecular flexibility index (Phi) is 5.19. The predicted molar refractivity (Wildman–Crippen MR) is 103 cm³/mol. The van der Waals surface area contributed by atoms with Gasteiger partial charge in [0.25, 0.3) is 5.91 Å². The molecule has 2 aromatic carbocycles. The quantitative estimate of drug-likeness (QED) is 0.693. The summed E-state index contributed by atoms with van der Waals surface area (Å²) < 4.78 is 19.9. The summed E-state index contributed by atoms with van der Waals surface area (Å²) in [5, 5.41) is 10.9. The molecule has 0 aliphatic carbocycles. The van der Waals surface area contributed by atoms with Gasteiger partial charge < -0.3 is 9.57 Å². The number of carbonyl (C=O) groups is 1. The zero-order valence-electron chi connectivity index (χ0n) is 15.6. The third kappa shape index (κ3) is 4.23. The maximum atomic E-state index is 13.0. The molecule has 0 unspecified atom stereocenters. The molecule has 1 amide bonds. The maximum absolute atomic E-state index is 13.0. The molecule has 8 nitrogen and oxygen atoms in total. The molecular formula is C20H18FN5O3. The Balaban J connectivity index is 1.36. The third-order valence-corrected chi connectivity index (χ3v) is 4.41. The number of hydrogen-bond donors (Lipinski definition) is 1. The predicted octanol–water partition coefficient (Wildman–Crippen LogP) is 2.61. The number of benzene rings is 2. The second kappa shape index (κ2) is 8.09. The first-order chi connectivity index (χ1) is 14.1. The van der Waals surface area contributed by atoms with E-state index in [-0.39, 0.29) is 11.8 Å². The Hall–Kier alpha value is -3.75. The van der Waals surface area contributed by atoms with Gasteiger partial charge in [-0.15, -0.1) is 5.10 Å². The van der Waals surface area contributed by atoms with Crippen molar-refractivity contribution in [3.63, 3.8) is 0 Å². The van der Waals surface area contributed by atoms with E-state index in [1.54, 1.807) is 23.9 Å². The maximum Gasteiger partial charge on any atom is 0.271 e. The minimum absolute atomic E-state index is 0.159. The standard InChI is InChI=1S/C20H18FN5O3/c1-28-17-5-3-2-4-15(17)16-10-18(29-25-16)19(27)23-20-22-12-26(24-20)11-13-6-8-14(21)9-7-13/h2-9,12,18H,10-11H2,1H3,(H,23,24,27)/t18-/m1/s1. The van der Waals surface area contributed by atoms with Crippen LogP contribution in [0.15, 0.2) is 60.0 Å². The van der Waals surface area contributed by atoms with Crippen LogP contribution in [0.4, 0.5) is 10.3 Å².